The molecule has 0 saturated carbocycles. The fourth-order valence-corrected chi connectivity index (χ4v) is 1.55. The highest BCUT2D eigenvalue weighted by molar-refractivity contribution is 5.87. The number of ether oxygens (including phenoxy) is 2. The molecule has 0 fully saturated rings. The average Bonchev–Trinajstić information content (AvgIpc) is 2.36. The molecule has 0 radical (unpaired) electrons. The Morgan fingerprint density at radius 2 is 1.32 bits per heavy atom. The van der Waals surface area contributed by atoms with Crippen molar-refractivity contribution in [2.75, 3.05) is 39.9 Å². The molecule has 0 amide bonds. The number of carboxylic acids is 1. The monoisotopic (exact) mass is 313 g/mol. The number of carbonyl (C=O) groups excluding carboxylic acids is 3. The van der Waals surface area contributed by atoms with Crippen LogP contribution in [0, 0.1) is 0 Å². The van der Waals surface area contributed by atoms with Crippen LogP contribution in [0.2, 0.25) is 0 Å². The maximum Gasteiger partial charge on any atom is 0.333 e. The number of likely N-dealkylation sites (N-methyl/N-ethyl adjacent to an activating group) is 1. The van der Waals surface area contributed by atoms with Crippen LogP contribution < -0.4 is 5.11 Å². The minimum Gasteiger partial charge on any atom is -0.544 e. The summed E-state index contributed by atoms with van der Waals surface area (Å²) in [7, 11) is 1.65. The summed E-state index contributed by atoms with van der Waals surface area (Å²) < 4.78 is 9.92. The average molecular weight is 313 g/mol. The molecule has 124 valence electrons. The van der Waals surface area contributed by atoms with Crippen molar-refractivity contribution in [2.45, 2.75) is 13.8 Å². The standard InChI is InChI=1S/C15H23NO6/c1-11(2)14(19)21-8-6-16(5,10-13(17)18)7-9-22-15(20)12(3)4/h1,3,6-10H2,2,4-5H3. The van der Waals surface area contributed by atoms with Crippen LogP contribution in [-0.2, 0) is 23.9 Å². The zero-order valence-electron chi connectivity index (χ0n) is 13.3. The number of carbonyl (C=O) groups is 3. The second kappa shape index (κ2) is 8.99. The van der Waals surface area contributed by atoms with Crippen LogP contribution in [0.5, 0.6) is 0 Å². The zero-order chi connectivity index (χ0) is 17.3. The van der Waals surface area contributed by atoms with Crippen LogP contribution in [0.1, 0.15) is 13.8 Å². The topological polar surface area (TPSA) is 92.7 Å². The molecule has 0 aliphatic heterocycles. The lowest BCUT2D eigenvalue weighted by Crippen LogP contribution is -2.54. The maximum absolute atomic E-state index is 11.3. The number of rotatable bonds is 10. The second-order valence-electron chi connectivity index (χ2n) is 5.43. The van der Waals surface area contributed by atoms with Gasteiger partial charge < -0.3 is 23.9 Å². The van der Waals surface area contributed by atoms with E-state index in [2.05, 4.69) is 13.2 Å². The van der Waals surface area contributed by atoms with Crippen molar-refractivity contribution >= 4 is 17.9 Å². The Morgan fingerprint density at radius 3 is 1.59 bits per heavy atom. The lowest BCUT2D eigenvalue weighted by molar-refractivity contribution is -0.904. The van der Waals surface area contributed by atoms with Gasteiger partial charge in [0.2, 0.25) is 0 Å². The molecule has 0 heterocycles. The summed E-state index contributed by atoms with van der Waals surface area (Å²) in [6.07, 6.45) is 0. The highest BCUT2D eigenvalue weighted by Gasteiger charge is 2.23. The summed E-state index contributed by atoms with van der Waals surface area (Å²) >= 11 is 0. The van der Waals surface area contributed by atoms with E-state index in [1.165, 1.54) is 13.8 Å². The van der Waals surface area contributed by atoms with Crippen LogP contribution in [-0.4, -0.2) is 62.3 Å². The minimum atomic E-state index is -1.24. The van der Waals surface area contributed by atoms with Gasteiger partial charge in [0.1, 0.15) is 32.8 Å². The molecule has 0 rings (SSSR count). The molecule has 0 aromatic rings. The van der Waals surface area contributed by atoms with E-state index >= 15 is 0 Å². The SMILES string of the molecule is C=C(C)C(=O)OCC[N+](C)(CCOC(=O)C(=C)C)CC(=O)[O-]. The lowest BCUT2D eigenvalue weighted by atomic mass is 10.3. The molecule has 7 heteroatoms. The van der Waals surface area contributed by atoms with Crippen molar-refractivity contribution < 1.29 is 33.4 Å². The third-order valence-corrected chi connectivity index (χ3v) is 2.94. The molecule has 0 aliphatic carbocycles. The van der Waals surface area contributed by atoms with Gasteiger partial charge >= 0.3 is 11.9 Å². The highest BCUT2D eigenvalue weighted by Crippen LogP contribution is 2.04. The van der Waals surface area contributed by atoms with Gasteiger partial charge in [0.15, 0.2) is 0 Å². The maximum atomic E-state index is 11.3. The quantitative estimate of drug-likeness (QED) is 0.304. The van der Waals surface area contributed by atoms with Gasteiger partial charge in [-0.25, -0.2) is 9.59 Å². The van der Waals surface area contributed by atoms with E-state index in [1.807, 2.05) is 0 Å². The fourth-order valence-electron chi connectivity index (χ4n) is 1.55. The van der Waals surface area contributed by atoms with Gasteiger partial charge in [0.05, 0.1) is 13.0 Å². The van der Waals surface area contributed by atoms with Crippen LogP contribution in [0.15, 0.2) is 24.3 Å². The van der Waals surface area contributed by atoms with Gasteiger partial charge in [0, 0.05) is 11.1 Å². The summed E-state index contributed by atoms with van der Waals surface area (Å²) in [5.74, 6) is -2.30. The first-order valence-corrected chi connectivity index (χ1v) is 6.76. The van der Waals surface area contributed by atoms with Gasteiger partial charge in [-0.15, -0.1) is 0 Å². The molecule has 0 saturated heterocycles. The normalized spacial score (nSPS) is 10.7. The number of esters is 2. The van der Waals surface area contributed by atoms with Crippen molar-refractivity contribution in [1.29, 1.82) is 0 Å². The second-order valence-corrected chi connectivity index (χ2v) is 5.43. The Bertz CT molecular complexity index is 437. The van der Waals surface area contributed by atoms with Crippen molar-refractivity contribution in [2.24, 2.45) is 0 Å². The van der Waals surface area contributed by atoms with Crippen LogP contribution >= 0.6 is 0 Å². The summed E-state index contributed by atoms with van der Waals surface area (Å²) in [6.45, 7) is 10.2. The first-order chi connectivity index (χ1) is 10.1. The molecular formula is C15H23NO6. The van der Waals surface area contributed by atoms with Crippen molar-refractivity contribution in [3.8, 4) is 0 Å². The van der Waals surface area contributed by atoms with E-state index in [4.69, 9.17) is 9.47 Å². The first kappa shape index (κ1) is 19.9. The van der Waals surface area contributed by atoms with Gasteiger partial charge in [-0.3, -0.25) is 0 Å². The Hall–Kier alpha value is -2.15. The molecule has 0 aromatic carbocycles. The Morgan fingerprint density at radius 1 is 0.955 bits per heavy atom. The molecule has 0 N–H and O–H groups in total. The van der Waals surface area contributed by atoms with Crippen LogP contribution in [0.3, 0.4) is 0 Å². The molecule has 0 bridgehead atoms. The number of carboxylic acid groups (broad SMARTS) is 1. The predicted octanol–water partition coefficient (Wildman–Crippen LogP) is -0.578. The fraction of sp³-hybridized carbons (Fsp3) is 0.533. The molecule has 0 unspecified atom stereocenters. The Kier molecular flexibility index (Phi) is 8.11. The molecule has 0 aliphatic rings. The van der Waals surface area contributed by atoms with Crippen molar-refractivity contribution in [1.82, 2.24) is 0 Å². The molecule has 0 aromatic heterocycles. The number of nitrogens with zero attached hydrogens (tertiary/aromatic N) is 1. The third kappa shape index (κ3) is 8.21. The number of hydrogen-bond acceptors (Lipinski definition) is 6. The molecule has 0 atom stereocenters. The molecule has 22 heavy (non-hydrogen) atoms. The van der Waals surface area contributed by atoms with Crippen LogP contribution in [0.4, 0.5) is 0 Å². The number of hydrogen-bond donors (Lipinski definition) is 0. The van der Waals surface area contributed by atoms with E-state index < -0.39 is 17.9 Å². The zero-order valence-corrected chi connectivity index (χ0v) is 13.3. The number of quaternary nitrogens is 1. The van der Waals surface area contributed by atoms with Gasteiger partial charge in [0.25, 0.3) is 0 Å². The van der Waals surface area contributed by atoms with Gasteiger partial charge in [-0.05, 0) is 13.8 Å². The summed E-state index contributed by atoms with van der Waals surface area (Å²) in [5.41, 5.74) is 0.536. The predicted molar refractivity (Wildman–Crippen MR) is 77.3 cm³/mol. The lowest BCUT2D eigenvalue weighted by Gasteiger charge is -2.34. The van der Waals surface area contributed by atoms with E-state index in [0.29, 0.717) is 0 Å². The van der Waals surface area contributed by atoms with E-state index in [-0.39, 0.29) is 48.5 Å². The van der Waals surface area contributed by atoms with Crippen LogP contribution in [0.25, 0.3) is 0 Å². The molecule has 7 nitrogen and oxygen atoms in total. The Balaban J connectivity index is 4.48. The third-order valence-electron chi connectivity index (χ3n) is 2.94. The Labute approximate surface area is 130 Å². The highest BCUT2D eigenvalue weighted by atomic mass is 16.5. The van der Waals surface area contributed by atoms with E-state index in [1.54, 1.807) is 7.05 Å². The van der Waals surface area contributed by atoms with Crippen molar-refractivity contribution in [3.05, 3.63) is 24.3 Å². The molecular weight excluding hydrogens is 290 g/mol. The van der Waals surface area contributed by atoms with Gasteiger partial charge in [-0.2, -0.15) is 0 Å². The number of aliphatic carboxylic acids is 1. The van der Waals surface area contributed by atoms with Crippen molar-refractivity contribution in [3.63, 3.8) is 0 Å². The summed E-state index contributed by atoms with van der Waals surface area (Å²) in [6, 6.07) is 0. The molecule has 0 spiro atoms. The smallest absolute Gasteiger partial charge is 0.333 e. The summed E-state index contributed by atoms with van der Waals surface area (Å²) in [4.78, 5) is 33.4. The minimum absolute atomic E-state index is 0.00920. The largest absolute Gasteiger partial charge is 0.544 e. The van der Waals surface area contributed by atoms with E-state index in [0.717, 1.165) is 0 Å². The van der Waals surface area contributed by atoms with Gasteiger partial charge in [-0.1, -0.05) is 13.2 Å². The first-order valence-electron chi connectivity index (χ1n) is 6.76. The van der Waals surface area contributed by atoms with E-state index in [9.17, 15) is 19.5 Å². The summed E-state index contributed by atoms with van der Waals surface area (Å²) in [5, 5.41) is 10.9.